The Morgan fingerprint density at radius 3 is 1.57 bits per heavy atom. The zero-order chi connectivity index (χ0) is 25.8. The average Bonchev–Trinajstić information content (AvgIpc) is 2.81. The van der Waals surface area contributed by atoms with Crippen LogP contribution in [0, 0.1) is 0 Å². The summed E-state index contributed by atoms with van der Waals surface area (Å²) in [7, 11) is 0. The van der Waals surface area contributed by atoms with Crippen LogP contribution in [0.4, 0.5) is 11.4 Å². The van der Waals surface area contributed by atoms with Crippen molar-refractivity contribution >= 4 is 80.5 Å². The second-order valence-corrected chi connectivity index (χ2v) is 7.93. The van der Waals surface area contributed by atoms with Gasteiger partial charge in [-0.1, -0.05) is 59.6 Å². The van der Waals surface area contributed by atoms with E-state index in [1.165, 1.54) is 12.4 Å². The van der Waals surface area contributed by atoms with Crippen molar-refractivity contribution in [3.63, 3.8) is 0 Å². The van der Waals surface area contributed by atoms with E-state index in [2.05, 4.69) is 25.3 Å². The molecule has 2 aromatic carbocycles. The van der Waals surface area contributed by atoms with Crippen LogP contribution in [0.25, 0.3) is 0 Å². The Bertz CT molecular complexity index is 1280. The van der Waals surface area contributed by atoms with Crippen molar-refractivity contribution in [2.24, 2.45) is 0 Å². The number of para-hydroxylation sites is 2. The topological polar surface area (TPSA) is 124 Å². The van der Waals surface area contributed by atoms with Crippen molar-refractivity contribution in [1.82, 2.24) is 19.9 Å². The lowest BCUT2D eigenvalue weighted by molar-refractivity contribution is 0.102. The Balaban J connectivity index is 0.000000205. The molecule has 8 nitrogen and oxygen atoms in total. The zero-order valence-corrected chi connectivity index (χ0v) is 21.3. The molecule has 0 spiro atoms. The molecule has 0 aliphatic carbocycles. The lowest BCUT2D eigenvalue weighted by atomic mass is 10.3. The van der Waals surface area contributed by atoms with Gasteiger partial charge in [0.15, 0.2) is 0 Å². The molecular weight excluding hydrogens is 558 g/mol. The number of nitrogen functional groups attached to an aromatic ring is 1. The van der Waals surface area contributed by atoms with Gasteiger partial charge in [-0.25, -0.2) is 19.9 Å². The molecule has 4 rings (SSSR count). The van der Waals surface area contributed by atoms with Gasteiger partial charge in [0, 0.05) is 23.8 Å². The summed E-state index contributed by atoms with van der Waals surface area (Å²) in [5.74, 6) is -0.377. The first-order valence-electron chi connectivity index (χ1n) is 9.40. The summed E-state index contributed by atoms with van der Waals surface area (Å²) in [5.41, 5.74) is 7.08. The molecular formula is C22H15Cl5N6O2. The lowest BCUT2D eigenvalue weighted by Crippen LogP contribution is -2.13. The summed E-state index contributed by atoms with van der Waals surface area (Å²) < 4.78 is 0. The van der Waals surface area contributed by atoms with E-state index in [0.29, 0.717) is 5.69 Å². The molecule has 35 heavy (non-hydrogen) atoms. The number of anilines is 2. The summed E-state index contributed by atoms with van der Waals surface area (Å²) >= 11 is 27.3. The maximum Gasteiger partial charge on any atom is 0.260 e. The fraction of sp³-hybridized carbons (Fsp3) is 0. The third-order valence-electron chi connectivity index (χ3n) is 3.71. The number of hydrogen-bond acceptors (Lipinski definition) is 7. The molecule has 0 bridgehead atoms. The zero-order valence-electron chi connectivity index (χ0n) is 17.5. The van der Waals surface area contributed by atoms with Gasteiger partial charge in [-0.2, -0.15) is 0 Å². The normalized spacial score (nSPS) is 9.63. The number of nitrogens with zero attached hydrogens (tertiary/aromatic N) is 4. The smallest absolute Gasteiger partial charge is 0.260 e. The van der Waals surface area contributed by atoms with Crippen LogP contribution in [-0.4, -0.2) is 31.1 Å². The van der Waals surface area contributed by atoms with Gasteiger partial charge in [-0.05, 0) is 59.1 Å². The fourth-order valence-corrected chi connectivity index (χ4v) is 3.11. The Labute approximate surface area is 225 Å². The number of benzene rings is 2. The van der Waals surface area contributed by atoms with Crippen molar-refractivity contribution < 1.29 is 9.59 Å². The minimum Gasteiger partial charge on any atom is -0.399 e. The van der Waals surface area contributed by atoms with Crippen LogP contribution < -0.4 is 11.1 Å². The number of hydrogen-bond donors (Lipinski definition) is 2. The second kappa shape index (κ2) is 14.4. The molecule has 0 atom stereocenters. The van der Waals surface area contributed by atoms with Crippen LogP contribution in [0.5, 0.6) is 0 Å². The van der Waals surface area contributed by atoms with Crippen LogP contribution in [0.15, 0.2) is 73.1 Å². The van der Waals surface area contributed by atoms with Crippen molar-refractivity contribution in [3.05, 3.63) is 105 Å². The molecule has 0 radical (unpaired) electrons. The molecule has 0 unspecified atom stereocenters. The number of aromatic nitrogens is 4. The molecule has 1 amide bonds. The highest BCUT2D eigenvalue weighted by atomic mass is 35.5. The summed E-state index contributed by atoms with van der Waals surface area (Å²) in [6.07, 6.45) is 2.46. The first kappa shape index (κ1) is 28.2. The highest BCUT2D eigenvalue weighted by molar-refractivity contribution is 6.68. The fourth-order valence-electron chi connectivity index (χ4n) is 2.14. The van der Waals surface area contributed by atoms with E-state index in [-0.39, 0.29) is 37.9 Å². The Kier molecular flexibility index (Phi) is 11.6. The van der Waals surface area contributed by atoms with Crippen molar-refractivity contribution in [2.45, 2.75) is 0 Å². The third kappa shape index (κ3) is 10.0. The molecule has 4 aromatic rings. The molecule has 0 fully saturated rings. The van der Waals surface area contributed by atoms with Gasteiger partial charge < -0.3 is 11.1 Å². The molecule has 0 aliphatic rings. The van der Waals surface area contributed by atoms with E-state index < -0.39 is 5.24 Å². The SMILES string of the molecule is Nc1ccccc1.O=C(Cl)c1cnc(Cl)nc1Cl.O=C(Nc1ccccc1)c1cnc(Cl)nc1Cl. The number of amides is 1. The van der Waals surface area contributed by atoms with E-state index >= 15 is 0 Å². The summed E-state index contributed by atoms with van der Waals surface area (Å²) in [4.78, 5) is 36.8. The summed E-state index contributed by atoms with van der Waals surface area (Å²) in [6, 6.07) is 18.5. The number of nitrogens with two attached hydrogens (primary N) is 1. The quantitative estimate of drug-likeness (QED) is 0.125. The van der Waals surface area contributed by atoms with Gasteiger partial charge in [0.25, 0.3) is 11.1 Å². The van der Waals surface area contributed by atoms with Crippen LogP contribution >= 0.6 is 58.0 Å². The Hall–Kier alpha value is -3.01. The Morgan fingerprint density at radius 2 is 1.17 bits per heavy atom. The standard InChI is InChI=1S/C11H7Cl2N3O.C6H7N.C5HCl3N2O/c12-9-8(6-14-11(13)16-9)10(17)15-7-4-2-1-3-5-7;7-6-4-2-1-3-5-6;6-3-2(4(7)11)1-9-5(8)10-3/h1-6H,(H,15,17);1-5H,7H2;1H. The van der Waals surface area contributed by atoms with E-state index in [0.717, 1.165) is 5.69 Å². The highest BCUT2D eigenvalue weighted by Crippen LogP contribution is 2.17. The molecule has 0 aliphatic heterocycles. The first-order valence-corrected chi connectivity index (χ1v) is 11.3. The van der Waals surface area contributed by atoms with Gasteiger partial charge in [0.1, 0.15) is 10.3 Å². The van der Waals surface area contributed by atoms with E-state index in [1.54, 1.807) is 12.1 Å². The Morgan fingerprint density at radius 1 is 0.714 bits per heavy atom. The van der Waals surface area contributed by atoms with Gasteiger partial charge in [-0.15, -0.1) is 0 Å². The molecule has 2 aromatic heterocycles. The molecule has 180 valence electrons. The van der Waals surface area contributed by atoms with Crippen LogP contribution in [0.1, 0.15) is 20.7 Å². The van der Waals surface area contributed by atoms with E-state index in [9.17, 15) is 9.59 Å². The number of carbonyl (C=O) groups excluding carboxylic acids is 2. The lowest BCUT2D eigenvalue weighted by Gasteiger charge is -2.05. The predicted octanol–water partition coefficient (Wildman–Crippen LogP) is 6.47. The maximum absolute atomic E-state index is 11.8. The average molecular weight is 573 g/mol. The van der Waals surface area contributed by atoms with E-state index in [1.807, 2.05) is 48.5 Å². The molecule has 0 saturated carbocycles. The van der Waals surface area contributed by atoms with Crippen molar-refractivity contribution in [2.75, 3.05) is 11.1 Å². The van der Waals surface area contributed by atoms with Crippen molar-refractivity contribution in [3.8, 4) is 0 Å². The van der Waals surface area contributed by atoms with Gasteiger partial charge in [0.2, 0.25) is 10.6 Å². The highest BCUT2D eigenvalue weighted by Gasteiger charge is 2.13. The monoisotopic (exact) mass is 570 g/mol. The van der Waals surface area contributed by atoms with Crippen molar-refractivity contribution in [1.29, 1.82) is 0 Å². The summed E-state index contributed by atoms with van der Waals surface area (Å²) in [6.45, 7) is 0. The molecule has 3 N–H and O–H groups in total. The minimum absolute atomic E-state index is 0.00580. The molecule has 0 saturated heterocycles. The maximum atomic E-state index is 11.8. The molecule has 13 heteroatoms. The predicted molar refractivity (Wildman–Crippen MR) is 140 cm³/mol. The van der Waals surface area contributed by atoms with Crippen LogP contribution in [0.3, 0.4) is 0 Å². The number of nitrogens with one attached hydrogen (secondary N) is 1. The minimum atomic E-state index is -0.702. The van der Waals surface area contributed by atoms with E-state index in [4.69, 9.17) is 63.7 Å². The summed E-state index contributed by atoms with van der Waals surface area (Å²) in [5, 5.41) is 1.95. The van der Waals surface area contributed by atoms with Crippen LogP contribution in [0.2, 0.25) is 20.9 Å². The molecule has 2 heterocycles. The number of carbonyl (C=O) groups is 2. The van der Waals surface area contributed by atoms with Crippen LogP contribution in [-0.2, 0) is 0 Å². The first-order chi connectivity index (χ1) is 16.7. The van der Waals surface area contributed by atoms with Gasteiger partial charge in [0.05, 0.1) is 11.1 Å². The largest absolute Gasteiger partial charge is 0.399 e. The number of halogens is 5. The van der Waals surface area contributed by atoms with Gasteiger partial charge >= 0.3 is 0 Å². The van der Waals surface area contributed by atoms with Gasteiger partial charge in [-0.3, -0.25) is 9.59 Å². The second-order valence-electron chi connectivity index (χ2n) is 6.19. The third-order valence-corrected chi connectivity index (χ3v) is 4.86. The number of rotatable bonds is 3.